The van der Waals surface area contributed by atoms with Crippen molar-refractivity contribution in [2.75, 3.05) is 18.4 Å². The number of carbonyl (C=O) groups is 2. The second kappa shape index (κ2) is 10.4. The van der Waals surface area contributed by atoms with E-state index in [1.165, 1.54) is 0 Å². The first-order valence-electron chi connectivity index (χ1n) is 10.7. The van der Waals surface area contributed by atoms with Gasteiger partial charge in [-0.15, -0.1) is 11.3 Å². The lowest BCUT2D eigenvalue weighted by Crippen LogP contribution is -2.40. The summed E-state index contributed by atoms with van der Waals surface area (Å²) in [6.07, 6.45) is 1.86. The molecule has 7 heteroatoms. The van der Waals surface area contributed by atoms with Crippen molar-refractivity contribution < 1.29 is 14.3 Å². The predicted octanol–water partition coefficient (Wildman–Crippen LogP) is 4.28. The highest BCUT2D eigenvalue weighted by Crippen LogP contribution is 2.21. The molecular weight excluding hydrogens is 422 g/mol. The Labute approximate surface area is 192 Å². The van der Waals surface area contributed by atoms with Crippen LogP contribution in [0.1, 0.15) is 33.6 Å². The zero-order valence-corrected chi connectivity index (χ0v) is 18.6. The van der Waals surface area contributed by atoms with Crippen molar-refractivity contribution >= 4 is 28.8 Å². The van der Waals surface area contributed by atoms with Crippen LogP contribution in [0.2, 0.25) is 0 Å². The molecule has 2 aromatic carbocycles. The summed E-state index contributed by atoms with van der Waals surface area (Å²) < 4.78 is 5.80. The third kappa shape index (κ3) is 5.96. The zero-order valence-electron chi connectivity index (χ0n) is 17.8. The first-order valence-corrected chi connectivity index (χ1v) is 11.6. The molecule has 0 bridgehead atoms. The number of hydrogen-bond donors (Lipinski definition) is 2. The Bertz CT molecular complexity index is 1050. The molecule has 3 aromatic rings. The van der Waals surface area contributed by atoms with Gasteiger partial charge in [0.25, 0.3) is 5.91 Å². The molecular formula is C25H27N3O3S. The maximum absolute atomic E-state index is 12.7. The molecule has 1 aliphatic heterocycles. The third-order valence-electron chi connectivity index (χ3n) is 5.58. The van der Waals surface area contributed by atoms with Gasteiger partial charge in [-0.25, -0.2) is 0 Å². The van der Waals surface area contributed by atoms with Gasteiger partial charge in [0, 0.05) is 29.2 Å². The molecule has 2 amide bonds. The number of nitrogens with two attached hydrogens (primary N) is 1. The highest BCUT2D eigenvalue weighted by molar-refractivity contribution is 7.09. The van der Waals surface area contributed by atoms with Crippen LogP contribution < -0.4 is 15.8 Å². The summed E-state index contributed by atoms with van der Waals surface area (Å²) in [5.74, 6) is 0.206. The van der Waals surface area contributed by atoms with Crippen LogP contribution in [0, 0.1) is 5.92 Å². The van der Waals surface area contributed by atoms with Gasteiger partial charge in [0.05, 0.1) is 5.92 Å². The van der Waals surface area contributed by atoms with Crippen molar-refractivity contribution in [2.24, 2.45) is 11.7 Å². The monoisotopic (exact) mass is 449 g/mol. The Kier molecular flexibility index (Phi) is 7.19. The summed E-state index contributed by atoms with van der Waals surface area (Å²) >= 11 is 1.64. The number of nitrogens with one attached hydrogen (secondary N) is 1. The van der Waals surface area contributed by atoms with Gasteiger partial charge in [0.1, 0.15) is 12.4 Å². The van der Waals surface area contributed by atoms with Crippen LogP contribution in [0.25, 0.3) is 0 Å². The van der Waals surface area contributed by atoms with Crippen molar-refractivity contribution in [1.29, 1.82) is 0 Å². The molecule has 1 saturated heterocycles. The number of rotatable bonds is 8. The average molecular weight is 450 g/mol. The molecule has 1 aliphatic rings. The van der Waals surface area contributed by atoms with Gasteiger partial charge < -0.3 is 15.8 Å². The van der Waals surface area contributed by atoms with Crippen molar-refractivity contribution in [3.05, 3.63) is 82.0 Å². The second-order valence-electron chi connectivity index (χ2n) is 8.02. The molecule has 1 atom stereocenters. The van der Waals surface area contributed by atoms with Crippen LogP contribution in [0.3, 0.4) is 0 Å². The Morgan fingerprint density at radius 3 is 2.72 bits per heavy atom. The van der Waals surface area contributed by atoms with E-state index in [0.717, 1.165) is 42.1 Å². The van der Waals surface area contributed by atoms with E-state index in [2.05, 4.69) is 10.2 Å². The normalized spacial score (nSPS) is 16.4. The minimum Gasteiger partial charge on any atom is -0.488 e. The number of hydrogen-bond acceptors (Lipinski definition) is 5. The molecule has 1 aromatic heterocycles. The number of primary amides is 1. The molecule has 3 N–H and O–H groups in total. The Hall–Kier alpha value is -3.16. The summed E-state index contributed by atoms with van der Waals surface area (Å²) in [4.78, 5) is 27.6. The smallest absolute Gasteiger partial charge is 0.255 e. The molecule has 166 valence electrons. The molecule has 2 heterocycles. The second-order valence-corrected chi connectivity index (χ2v) is 9.06. The zero-order chi connectivity index (χ0) is 22.3. The fourth-order valence-electron chi connectivity index (χ4n) is 3.86. The van der Waals surface area contributed by atoms with Crippen molar-refractivity contribution in [3.63, 3.8) is 0 Å². The van der Waals surface area contributed by atoms with E-state index in [0.29, 0.717) is 24.5 Å². The number of piperidine rings is 1. The van der Waals surface area contributed by atoms with E-state index in [1.807, 2.05) is 53.9 Å². The molecule has 0 spiro atoms. The van der Waals surface area contributed by atoms with Gasteiger partial charge in [0.15, 0.2) is 0 Å². The lowest BCUT2D eigenvalue weighted by molar-refractivity contribution is -0.123. The van der Waals surface area contributed by atoms with Gasteiger partial charge >= 0.3 is 0 Å². The topological polar surface area (TPSA) is 84.7 Å². The maximum atomic E-state index is 12.7. The first kappa shape index (κ1) is 22.0. The van der Waals surface area contributed by atoms with Crippen molar-refractivity contribution in [3.8, 4) is 5.75 Å². The number of likely N-dealkylation sites (tertiary alicyclic amines) is 1. The standard InChI is InChI=1S/C25H27N3O3S/c26-24(29)20-5-2-12-28(16-20)15-18-8-10-21(11-9-18)27-25(30)19-4-1-6-22(14-19)31-17-23-7-3-13-32-23/h1,3-4,6-11,13-14,20H,2,5,12,15-17H2,(H2,26,29)(H,27,30). The fourth-order valence-corrected chi connectivity index (χ4v) is 4.48. The molecule has 4 rings (SSSR count). The molecule has 0 radical (unpaired) electrons. The van der Waals surface area contributed by atoms with E-state index in [-0.39, 0.29) is 17.7 Å². The third-order valence-corrected chi connectivity index (χ3v) is 6.43. The summed E-state index contributed by atoms with van der Waals surface area (Å²) in [5, 5.41) is 4.95. The quantitative estimate of drug-likeness (QED) is 0.538. The van der Waals surface area contributed by atoms with Gasteiger partial charge in [-0.05, 0) is 66.7 Å². The minimum atomic E-state index is -0.214. The summed E-state index contributed by atoms with van der Waals surface area (Å²) in [6.45, 7) is 2.93. The number of benzene rings is 2. The summed E-state index contributed by atoms with van der Waals surface area (Å²) in [7, 11) is 0. The number of anilines is 1. The lowest BCUT2D eigenvalue weighted by Gasteiger charge is -2.31. The van der Waals surface area contributed by atoms with Crippen LogP contribution in [0.4, 0.5) is 5.69 Å². The number of nitrogens with zero attached hydrogens (tertiary/aromatic N) is 1. The predicted molar refractivity (Wildman–Crippen MR) is 127 cm³/mol. The molecule has 6 nitrogen and oxygen atoms in total. The number of ether oxygens (including phenoxy) is 1. The van der Waals surface area contributed by atoms with E-state index >= 15 is 0 Å². The average Bonchev–Trinajstić information content (AvgIpc) is 3.33. The summed E-state index contributed by atoms with van der Waals surface area (Å²) in [5.41, 5.74) is 7.89. The lowest BCUT2D eigenvalue weighted by atomic mass is 9.97. The minimum absolute atomic E-state index is 0.0626. The van der Waals surface area contributed by atoms with Crippen molar-refractivity contribution in [2.45, 2.75) is 26.0 Å². The Morgan fingerprint density at radius 1 is 1.12 bits per heavy atom. The molecule has 1 fully saturated rings. The first-order chi connectivity index (χ1) is 15.6. The van der Waals surface area contributed by atoms with Crippen LogP contribution >= 0.6 is 11.3 Å². The van der Waals surface area contributed by atoms with E-state index in [4.69, 9.17) is 10.5 Å². The number of amides is 2. The van der Waals surface area contributed by atoms with Crippen molar-refractivity contribution in [1.82, 2.24) is 4.90 Å². The van der Waals surface area contributed by atoms with Crippen LogP contribution in [-0.4, -0.2) is 29.8 Å². The molecule has 32 heavy (non-hydrogen) atoms. The highest BCUT2D eigenvalue weighted by Gasteiger charge is 2.23. The van der Waals surface area contributed by atoms with E-state index in [9.17, 15) is 9.59 Å². The van der Waals surface area contributed by atoms with Gasteiger partial charge in [-0.3, -0.25) is 14.5 Å². The fraction of sp³-hybridized carbons (Fsp3) is 0.280. The van der Waals surface area contributed by atoms with Crippen LogP contribution in [-0.2, 0) is 17.9 Å². The maximum Gasteiger partial charge on any atom is 0.255 e. The van der Waals surface area contributed by atoms with Gasteiger partial charge in [-0.2, -0.15) is 0 Å². The number of thiophene rings is 1. The molecule has 0 saturated carbocycles. The van der Waals surface area contributed by atoms with E-state index < -0.39 is 0 Å². The Balaban J connectivity index is 1.31. The molecule has 0 aliphatic carbocycles. The largest absolute Gasteiger partial charge is 0.488 e. The number of carbonyl (C=O) groups excluding carboxylic acids is 2. The van der Waals surface area contributed by atoms with E-state index in [1.54, 1.807) is 23.5 Å². The molecule has 1 unspecified atom stereocenters. The van der Waals surface area contributed by atoms with Gasteiger partial charge in [0.2, 0.25) is 5.91 Å². The Morgan fingerprint density at radius 2 is 1.97 bits per heavy atom. The van der Waals surface area contributed by atoms with Gasteiger partial charge in [-0.1, -0.05) is 24.3 Å². The van der Waals surface area contributed by atoms with Crippen LogP contribution in [0.15, 0.2) is 66.0 Å². The summed E-state index contributed by atoms with van der Waals surface area (Å²) in [6, 6.07) is 19.0. The highest BCUT2D eigenvalue weighted by atomic mass is 32.1. The van der Waals surface area contributed by atoms with Crippen LogP contribution in [0.5, 0.6) is 5.75 Å². The SMILES string of the molecule is NC(=O)C1CCCN(Cc2ccc(NC(=O)c3cccc(OCc4cccs4)c3)cc2)C1.